The van der Waals surface area contributed by atoms with Crippen LogP contribution in [0.25, 0.3) is 0 Å². The molecule has 0 spiro atoms. The number of hydroxylamine groups is 3. The molecule has 74 valence electrons. The Hall–Kier alpha value is -1.73. The van der Waals surface area contributed by atoms with Crippen molar-refractivity contribution < 1.29 is 14.2 Å². The Balaban J connectivity index is 2.65. The second kappa shape index (κ2) is 2.40. The molecule has 7 nitrogen and oxygen atoms in total. The summed E-state index contributed by atoms with van der Waals surface area (Å²) in [4.78, 5) is 30.3. The van der Waals surface area contributed by atoms with E-state index in [1.165, 1.54) is 13.4 Å². The molecule has 0 radical (unpaired) electrons. The predicted molar refractivity (Wildman–Crippen MR) is 46.3 cm³/mol. The molecule has 1 atom stereocenters. The topological polar surface area (TPSA) is 89.1 Å². The van der Waals surface area contributed by atoms with Gasteiger partial charge in [0.25, 0.3) is 0 Å². The predicted octanol–water partition coefficient (Wildman–Crippen LogP) is 0.0641. The number of urea groups is 1. The van der Waals surface area contributed by atoms with Crippen LogP contribution in [-0.2, 0) is 0 Å². The van der Waals surface area contributed by atoms with Gasteiger partial charge in [-0.25, -0.2) is 24.1 Å². The zero-order valence-corrected chi connectivity index (χ0v) is 7.64. The monoisotopic (exact) mass is 196 g/mol. The molecular weight excluding hydrogens is 188 g/mol. The molecule has 1 N–H and O–H groups in total. The van der Waals surface area contributed by atoms with E-state index in [1.54, 1.807) is 0 Å². The van der Waals surface area contributed by atoms with Crippen molar-refractivity contribution >= 4 is 17.8 Å². The number of nitrogens with one attached hydrogen (secondary N) is 1. The second-order valence-corrected chi connectivity index (χ2v) is 3.17. The Kier molecular flexibility index (Phi) is 1.52. The van der Waals surface area contributed by atoms with Crippen LogP contribution >= 0.6 is 0 Å². The van der Waals surface area contributed by atoms with Crippen molar-refractivity contribution in [1.29, 1.82) is 0 Å². The molecule has 7 heteroatoms. The molecule has 1 unspecified atom stereocenters. The maximum Gasteiger partial charge on any atom is 0.432 e. The van der Waals surface area contributed by atoms with E-state index in [0.717, 1.165) is 11.9 Å². The minimum Gasteiger partial charge on any atom is -0.616 e. The highest BCUT2D eigenvalue weighted by Gasteiger charge is 2.45. The van der Waals surface area contributed by atoms with Gasteiger partial charge in [-0.05, 0) is 0 Å². The van der Waals surface area contributed by atoms with Crippen LogP contribution in [0.2, 0.25) is 0 Å². The van der Waals surface area contributed by atoms with Crippen LogP contribution in [0.1, 0.15) is 10.5 Å². The first-order valence-corrected chi connectivity index (χ1v) is 3.90. The first-order valence-electron chi connectivity index (χ1n) is 3.90. The number of aromatic nitrogens is 2. The highest BCUT2D eigenvalue weighted by atomic mass is 16.6. The summed E-state index contributed by atoms with van der Waals surface area (Å²) in [6.07, 6.45) is 1.28. The maximum absolute atomic E-state index is 11.6. The van der Waals surface area contributed by atoms with E-state index in [0.29, 0.717) is 0 Å². The molecule has 0 aromatic carbocycles. The third-order valence-electron chi connectivity index (χ3n) is 2.19. The Morgan fingerprint density at radius 2 is 2.21 bits per heavy atom. The van der Waals surface area contributed by atoms with Gasteiger partial charge < -0.3 is 10.2 Å². The zero-order valence-electron chi connectivity index (χ0n) is 7.64. The zero-order chi connectivity index (χ0) is 10.5. The van der Waals surface area contributed by atoms with Gasteiger partial charge in [0.15, 0.2) is 11.5 Å². The summed E-state index contributed by atoms with van der Waals surface area (Å²) < 4.78 is -1.56. The van der Waals surface area contributed by atoms with Crippen molar-refractivity contribution in [3.05, 3.63) is 17.2 Å². The average Bonchev–Trinajstić information content (AvgIpc) is 2.60. The lowest BCUT2D eigenvalue weighted by molar-refractivity contribution is -0.687. The SMILES string of the molecule is CN1C(=O)[N+](C)([O-])C(=O)c2[nH]cnc21. The molecule has 0 aliphatic carbocycles. The van der Waals surface area contributed by atoms with Crippen LogP contribution in [0.15, 0.2) is 6.33 Å². The van der Waals surface area contributed by atoms with Gasteiger partial charge in [-0.1, -0.05) is 0 Å². The Morgan fingerprint density at radius 1 is 1.57 bits per heavy atom. The fourth-order valence-electron chi connectivity index (χ4n) is 1.38. The van der Waals surface area contributed by atoms with Gasteiger partial charge in [0.1, 0.15) is 0 Å². The average molecular weight is 196 g/mol. The van der Waals surface area contributed by atoms with Crippen molar-refractivity contribution in [2.75, 3.05) is 19.0 Å². The van der Waals surface area contributed by atoms with Crippen LogP contribution in [0.5, 0.6) is 0 Å². The van der Waals surface area contributed by atoms with Gasteiger partial charge in [-0.3, -0.25) is 0 Å². The Labute approximate surface area is 79.1 Å². The lowest BCUT2D eigenvalue weighted by atomic mass is 10.3. The van der Waals surface area contributed by atoms with E-state index in [4.69, 9.17) is 0 Å². The number of quaternary nitrogens is 1. The number of fused-ring (bicyclic) bond motifs is 1. The van der Waals surface area contributed by atoms with E-state index in [1.807, 2.05) is 0 Å². The van der Waals surface area contributed by atoms with E-state index in [2.05, 4.69) is 9.97 Å². The minimum absolute atomic E-state index is 0.0737. The fraction of sp³-hybridized carbons (Fsp3) is 0.286. The highest BCUT2D eigenvalue weighted by molar-refractivity contribution is 6.07. The summed E-state index contributed by atoms with van der Waals surface area (Å²) in [5, 5.41) is 11.6. The molecular formula is C7H8N4O3. The van der Waals surface area contributed by atoms with E-state index in [-0.39, 0.29) is 11.5 Å². The van der Waals surface area contributed by atoms with Crippen LogP contribution in [0.4, 0.5) is 10.6 Å². The molecule has 1 aliphatic heterocycles. The fourth-order valence-corrected chi connectivity index (χ4v) is 1.38. The number of carbonyl (C=O) groups excluding carboxylic acids is 2. The summed E-state index contributed by atoms with van der Waals surface area (Å²) in [5.41, 5.74) is 0.0737. The van der Waals surface area contributed by atoms with Crippen LogP contribution in [-0.4, -0.2) is 40.6 Å². The molecule has 0 bridgehead atoms. The molecule has 1 aliphatic rings. The van der Waals surface area contributed by atoms with Crippen LogP contribution < -0.4 is 4.90 Å². The summed E-state index contributed by atoms with van der Waals surface area (Å²) >= 11 is 0. The second-order valence-electron chi connectivity index (χ2n) is 3.17. The number of amides is 3. The molecule has 14 heavy (non-hydrogen) atoms. The molecule has 1 aromatic rings. The van der Waals surface area contributed by atoms with E-state index in [9.17, 15) is 14.8 Å². The van der Waals surface area contributed by atoms with Crippen molar-refractivity contribution in [2.45, 2.75) is 0 Å². The van der Waals surface area contributed by atoms with Crippen LogP contribution in [0, 0.1) is 5.21 Å². The summed E-state index contributed by atoms with van der Waals surface area (Å²) in [7, 11) is 2.41. The molecule has 0 saturated heterocycles. The molecule has 3 amide bonds. The van der Waals surface area contributed by atoms with Crippen molar-refractivity contribution in [3.63, 3.8) is 0 Å². The highest BCUT2D eigenvalue weighted by Crippen LogP contribution is 2.26. The number of carbonyl (C=O) groups is 2. The number of imide groups is 1. The Morgan fingerprint density at radius 3 is 2.86 bits per heavy atom. The summed E-state index contributed by atoms with van der Waals surface area (Å²) in [6, 6.07) is -0.838. The standard InChI is InChI=1S/C7H8N4O3/c1-10-5-4(8-3-9-5)6(12)11(2,14)7(10)13/h3H,1-2H3,(H,8,9). The number of hydrogen-bond donors (Lipinski definition) is 1. The number of anilines is 1. The van der Waals surface area contributed by atoms with Gasteiger partial charge >= 0.3 is 11.9 Å². The number of imidazole rings is 1. The van der Waals surface area contributed by atoms with Crippen LogP contribution in [0.3, 0.4) is 0 Å². The number of rotatable bonds is 0. The first-order chi connectivity index (χ1) is 6.46. The molecule has 1 aromatic heterocycles. The van der Waals surface area contributed by atoms with Gasteiger partial charge in [-0.15, -0.1) is 0 Å². The molecule has 2 heterocycles. The molecule has 0 fully saturated rings. The van der Waals surface area contributed by atoms with E-state index >= 15 is 0 Å². The third kappa shape index (κ3) is 0.847. The first kappa shape index (κ1) is 8.85. The summed E-state index contributed by atoms with van der Waals surface area (Å²) in [6.45, 7) is 0. The molecule has 2 rings (SSSR count). The minimum atomic E-state index is -1.56. The van der Waals surface area contributed by atoms with Gasteiger partial charge in [0.05, 0.1) is 13.4 Å². The smallest absolute Gasteiger partial charge is 0.432 e. The number of aromatic amines is 1. The summed E-state index contributed by atoms with van der Waals surface area (Å²) in [5.74, 6) is -0.618. The molecule has 0 saturated carbocycles. The van der Waals surface area contributed by atoms with Gasteiger partial charge in [0, 0.05) is 7.05 Å². The third-order valence-corrected chi connectivity index (χ3v) is 2.19. The van der Waals surface area contributed by atoms with Gasteiger partial charge in [-0.2, -0.15) is 0 Å². The number of H-pyrrole nitrogens is 1. The van der Waals surface area contributed by atoms with Crippen molar-refractivity contribution in [2.24, 2.45) is 0 Å². The maximum atomic E-state index is 11.6. The number of nitrogens with zero attached hydrogens (tertiary/aromatic N) is 3. The van der Waals surface area contributed by atoms with Gasteiger partial charge in [0.2, 0.25) is 0 Å². The normalized spacial score (nSPS) is 26.6. The Bertz CT molecular complexity index is 422. The van der Waals surface area contributed by atoms with E-state index < -0.39 is 16.6 Å². The van der Waals surface area contributed by atoms with Crippen molar-refractivity contribution in [1.82, 2.24) is 9.97 Å². The lowest BCUT2D eigenvalue weighted by Crippen LogP contribution is -2.58. The lowest BCUT2D eigenvalue weighted by Gasteiger charge is -2.37. The largest absolute Gasteiger partial charge is 0.616 e. The van der Waals surface area contributed by atoms with Crippen molar-refractivity contribution in [3.8, 4) is 0 Å². The number of hydrogen-bond acceptors (Lipinski definition) is 4. The quantitative estimate of drug-likeness (QED) is 0.469.